The van der Waals surface area contributed by atoms with Crippen molar-refractivity contribution in [3.8, 4) is 0 Å². The number of benzene rings is 3. The van der Waals surface area contributed by atoms with E-state index in [4.69, 9.17) is 21.6 Å². The molecule has 4 aromatic rings. The number of hydrogen-bond acceptors (Lipinski definition) is 5. The van der Waals surface area contributed by atoms with Gasteiger partial charge in [0.2, 0.25) is 0 Å². The van der Waals surface area contributed by atoms with E-state index in [1.54, 1.807) is 18.4 Å². The lowest BCUT2D eigenvalue weighted by Crippen LogP contribution is -2.28. The lowest BCUT2D eigenvalue weighted by atomic mass is 9.67. The van der Waals surface area contributed by atoms with Crippen LogP contribution in [0.4, 0.5) is 0 Å². The van der Waals surface area contributed by atoms with Crippen molar-refractivity contribution in [2.24, 2.45) is 22.2 Å². The smallest absolute Gasteiger partial charge is 0.136 e. The Balaban J connectivity index is 0.00000190. The molecule has 0 saturated heterocycles. The van der Waals surface area contributed by atoms with Gasteiger partial charge in [-0.25, -0.2) is 0 Å². The highest BCUT2D eigenvalue weighted by Gasteiger charge is 2.54. The number of allylic oxidation sites excluding steroid dienone is 10. The van der Waals surface area contributed by atoms with E-state index in [0.29, 0.717) is 6.54 Å². The molecule has 5 heteroatoms. The van der Waals surface area contributed by atoms with Crippen LogP contribution in [0.2, 0.25) is 0 Å². The van der Waals surface area contributed by atoms with Gasteiger partial charge in [0.1, 0.15) is 11.3 Å². The van der Waals surface area contributed by atoms with Crippen LogP contribution in [0.5, 0.6) is 0 Å². The highest BCUT2D eigenvalue weighted by atomic mass is 16.3. The van der Waals surface area contributed by atoms with Crippen LogP contribution in [0, 0.1) is 0 Å². The molecule has 1 aromatic heterocycles. The average Bonchev–Trinajstić information content (AvgIpc) is 3.76. The van der Waals surface area contributed by atoms with Gasteiger partial charge in [0.25, 0.3) is 0 Å². The lowest BCUT2D eigenvalue weighted by Gasteiger charge is -2.34. The number of nitrogens with zero attached hydrogens (tertiary/aromatic N) is 1. The van der Waals surface area contributed by atoms with Gasteiger partial charge in [0.05, 0.1) is 12.0 Å². The minimum absolute atomic E-state index is 0.557. The maximum atomic E-state index is 6.65. The molecule has 7 rings (SSSR count). The van der Waals surface area contributed by atoms with Gasteiger partial charge in [-0.15, -0.1) is 0 Å². The first kappa shape index (κ1) is 31.4. The van der Waals surface area contributed by atoms with E-state index in [9.17, 15) is 0 Å². The molecule has 6 N–H and O–H groups in total. The van der Waals surface area contributed by atoms with E-state index >= 15 is 0 Å². The van der Waals surface area contributed by atoms with Crippen molar-refractivity contribution in [2.45, 2.75) is 45.6 Å². The molecule has 1 unspecified atom stereocenters. The fraction of sp³-hybridized carbons (Fsp3) is 0.167. The van der Waals surface area contributed by atoms with Gasteiger partial charge in [-0.2, -0.15) is 0 Å². The summed E-state index contributed by atoms with van der Waals surface area (Å²) < 4.78 is 6.61. The minimum Gasteiger partial charge on any atom is -0.456 e. The van der Waals surface area contributed by atoms with E-state index in [-0.39, 0.29) is 0 Å². The van der Waals surface area contributed by atoms with E-state index in [1.165, 1.54) is 51.4 Å². The monoisotopic (exact) mass is 618 g/mol. The molecule has 3 aliphatic rings. The van der Waals surface area contributed by atoms with Crippen LogP contribution in [0.25, 0.3) is 22.1 Å². The lowest BCUT2D eigenvalue weighted by molar-refractivity contribution is 0.600. The molecule has 0 fully saturated rings. The van der Waals surface area contributed by atoms with Crippen molar-refractivity contribution in [2.75, 3.05) is 0 Å². The van der Waals surface area contributed by atoms with Crippen LogP contribution in [-0.4, -0.2) is 6.21 Å². The maximum Gasteiger partial charge on any atom is 0.136 e. The number of aliphatic imine (C=N–C) groups is 1. The zero-order valence-electron chi connectivity index (χ0n) is 27.3. The van der Waals surface area contributed by atoms with Gasteiger partial charge in [0, 0.05) is 22.9 Å². The molecular formula is C42H42N4O. The Morgan fingerprint density at radius 1 is 0.894 bits per heavy atom. The SMILES string of the molecule is C/C=C\C1=C(c2cc3ccccc3o2)c2ccccc2C12C1=C(CCC(/C(N)=C/C=C\N)=C1)c1ccc(CN=C/C=C\N)cc12.CC. The van der Waals surface area contributed by atoms with Crippen LogP contribution in [0.15, 0.2) is 153 Å². The van der Waals surface area contributed by atoms with Crippen molar-refractivity contribution in [1.29, 1.82) is 0 Å². The second-order valence-electron chi connectivity index (χ2n) is 11.6. The number of fused-ring (bicyclic) bond motifs is 7. The Hall–Kier alpha value is -5.55. The summed E-state index contributed by atoms with van der Waals surface area (Å²) in [5, 5.41) is 1.09. The summed E-state index contributed by atoms with van der Waals surface area (Å²) >= 11 is 0. The highest BCUT2D eigenvalue weighted by Crippen LogP contribution is 2.64. The molecule has 47 heavy (non-hydrogen) atoms. The molecule has 236 valence electrons. The van der Waals surface area contributed by atoms with Gasteiger partial charge in [-0.1, -0.05) is 92.7 Å². The summed E-state index contributed by atoms with van der Waals surface area (Å²) in [6, 6.07) is 26.0. The number of furan rings is 1. The zero-order chi connectivity index (χ0) is 33.0. The van der Waals surface area contributed by atoms with Crippen molar-refractivity contribution in [3.05, 3.63) is 178 Å². The van der Waals surface area contributed by atoms with Crippen molar-refractivity contribution in [3.63, 3.8) is 0 Å². The molecule has 0 saturated carbocycles. The first-order chi connectivity index (χ1) is 23.1. The topological polar surface area (TPSA) is 104 Å². The average molecular weight is 619 g/mol. The molecule has 5 nitrogen and oxygen atoms in total. The Kier molecular flexibility index (Phi) is 8.99. The molecule has 3 aliphatic carbocycles. The van der Waals surface area contributed by atoms with Crippen LogP contribution in [0.3, 0.4) is 0 Å². The third-order valence-corrected chi connectivity index (χ3v) is 9.12. The van der Waals surface area contributed by atoms with Crippen LogP contribution < -0.4 is 17.2 Å². The summed E-state index contributed by atoms with van der Waals surface area (Å²) in [5.41, 5.74) is 31.1. The van der Waals surface area contributed by atoms with Gasteiger partial charge in [-0.3, -0.25) is 4.99 Å². The predicted octanol–water partition coefficient (Wildman–Crippen LogP) is 8.98. The standard InChI is InChI=1S/C40H36N4O.C2H6/c1-2-9-33-39(38-24-28-10-3-6-14-37(28)45-38)31-11-4-5-12-32(31)40(33)34-22-26(25-44-21-8-20-42)15-17-29(34)30-18-16-27(23-35(30)40)36(43)13-7-19-41;1-2/h2-15,17,19-24H,16,18,25,41-43H2,1H3;1-2H3/b9-2-,19-7-,20-8-,36-13-,44-21?;. The quantitative estimate of drug-likeness (QED) is 0.142. The number of rotatable bonds is 7. The second kappa shape index (κ2) is 13.4. The van der Waals surface area contributed by atoms with E-state index in [0.717, 1.165) is 52.0 Å². The largest absolute Gasteiger partial charge is 0.456 e. The molecule has 1 atom stereocenters. The second-order valence-corrected chi connectivity index (χ2v) is 11.6. The molecule has 0 amide bonds. The van der Waals surface area contributed by atoms with Gasteiger partial charge in [-0.05, 0) is 113 Å². The van der Waals surface area contributed by atoms with Crippen molar-refractivity contribution in [1.82, 2.24) is 0 Å². The number of nitrogens with two attached hydrogens (primary N) is 3. The Morgan fingerprint density at radius 3 is 2.47 bits per heavy atom. The van der Waals surface area contributed by atoms with Crippen molar-refractivity contribution < 1.29 is 4.42 Å². The minimum atomic E-state index is -0.561. The maximum absolute atomic E-state index is 6.65. The number of para-hydroxylation sites is 1. The summed E-state index contributed by atoms with van der Waals surface area (Å²) in [6.45, 7) is 6.64. The van der Waals surface area contributed by atoms with Gasteiger partial charge < -0.3 is 21.6 Å². The zero-order valence-corrected chi connectivity index (χ0v) is 27.3. The summed E-state index contributed by atoms with van der Waals surface area (Å²) in [6.07, 6.45) is 18.7. The third kappa shape index (κ3) is 5.18. The molecule has 0 radical (unpaired) electrons. The van der Waals surface area contributed by atoms with Crippen molar-refractivity contribution >= 4 is 28.3 Å². The fourth-order valence-electron chi connectivity index (χ4n) is 7.34. The van der Waals surface area contributed by atoms with Gasteiger partial charge in [0.15, 0.2) is 0 Å². The molecule has 3 aromatic carbocycles. The predicted molar refractivity (Wildman–Crippen MR) is 197 cm³/mol. The summed E-state index contributed by atoms with van der Waals surface area (Å²) in [4.78, 5) is 4.61. The first-order valence-corrected chi connectivity index (χ1v) is 16.4. The molecular weight excluding hydrogens is 576 g/mol. The van der Waals surface area contributed by atoms with Gasteiger partial charge >= 0.3 is 0 Å². The Labute approximate surface area is 277 Å². The first-order valence-electron chi connectivity index (χ1n) is 16.4. The normalized spacial score (nSPS) is 19.0. The summed E-state index contributed by atoms with van der Waals surface area (Å²) in [7, 11) is 0. The van der Waals surface area contributed by atoms with Crippen LogP contribution in [0.1, 0.15) is 67.2 Å². The fourth-order valence-corrected chi connectivity index (χ4v) is 7.34. The Morgan fingerprint density at radius 2 is 1.68 bits per heavy atom. The molecule has 0 aliphatic heterocycles. The summed E-state index contributed by atoms with van der Waals surface area (Å²) in [5.74, 6) is 0.867. The molecule has 1 heterocycles. The number of hydrogen-bond donors (Lipinski definition) is 3. The van der Waals surface area contributed by atoms with E-state index in [2.05, 4.69) is 90.8 Å². The van der Waals surface area contributed by atoms with E-state index in [1.807, 2.05) is 32.1 Å². The Bertz CT molecular complexity index is 2040. The molecule has 0 bridgehead atoms. The third-order valence-electron chi connectivity index (χ3n) is 9.12. The van der Waals surface area contributed by atoms with Crippen LogP contribution in [-0.2, 0) is 12.0 Å². The highest BCUT2D eigenvalue weighted by molar-refractivity contribution is 6.01. The van der Waals surface area contributed by atoms with Crippen LogP contribution >= 0.6 is 0 Å². The van der Waals surface area contributed by atoms with E-state index < -0.39 is 5.41 Å². The molecule has 1 spiro atoms.